The van der Waals surface area contributed by atoms with Crippen LogP contribution in [0.2, 0.25) is 0 Å². The van der Waals surface area contributed by atoms with Crippen LogP contribution in [0.25, 0.3) is 0 Å². The Hall–Kier alpha value is -1.52. The third-order valence-electron chi connectivity index (χ3n) is 2.69. The minimum absolute atomic E-state index is 0.0697. The Morgan fingerprint density at radius 2 is 1.76 bits per heavy atom. The second-order valence-corrected chi connectivity index (χ2v) is 4.25. The third kappa shape index (κ3) is 2.60. The first-order valence-electron chi connectivity index (χ1n) is 5.03. The molecule has 0 aliphatic heterocycles. The van der Waals surface area contributed by atoms with Crippen molar-refractivity contribution in [2.24, 2.45) is 0 Å². The zero-order valence-corrected chi connectivity index (χ0v) is 9.45. The van der Waals surface area contributed by atoms with Gasteiger partial charge >= 0.3 is 5.97 Å². The number of rotatable bonds is 4. The van der Waals surface area contributed by atoms with Crippen molar-refractivity contribution in [2.45, 2.75) is 31.9 Å². The van der Waals surface area contributed by atoms with Gasteiger partial charge < -0.3 is 5.11 Å². The van der Waals surface area contributed by atoms with Gasteiger partial charge in [-0.3, -0.25) is 4.79 Å². The molecule has 0 spiro atoms. The Bertz CT molecular complexity index is 416. The van der Waals surface area contributed by atoms with E-state index in [1.807, 2.05) is 0 Å². The van der Waals surface area contributed by atoms with Crippen molar-refractivity contribution < 1.29 is 23.1 Å². The number of hydrogen-bond acceptors (Lipinski definition) is 1. The largest absolute Gasteiger partial charge is 0.481 e. The first-order valence-corrected chi connectivity index (χ1v) is 5.03. The van der Waals surface area contributed by atoms with E-state index < -0.39 is 24.0 Å². The lowest BCUT2D eigenvalue weighted by atomic mass is 9.81. The maximum atomic E-state index is 13.4. The highest BCUT2D eigenvalue weighted by molar-refractivity contribution is 5.80. The summed E-state index contributed by atoms with van der Waals surface area (Å²) in [5.74, 6) is -1.19. The van der Waals surface area contributed by atoms with E-state index in [1.165, 1.54) is 38.1 Å². The summed E-state index contributed by atoms with van der Waals surface area (Å²) in [5, 5.41) is 9.03. The summed E-state index contributed by atoms with van der Waals surface area (Å²) in [6.07, 6.45) is -5.63. The average Bonchev–Trinajstić information content (AvgIpc) is 2.27. The van der Waals surface area contributed by atoms with Crippen molar-refractivity contribution in [3.63, 3.8) is 0 Å². The van der Waals surface area contributed by atoms with Crippen molar-refractivity contribution in [3.8, 4) is 0 Å². The van der Waals surface area contributed by atoms with E-state index in [4.69, 9.17) is 5.11 Å². The van der Waals surface area contributed by atoms with Gasteiger partial charge in [-0.25, -0.2) is 13.2 Å². The molecule has 0 aliphatic rings. The maximum Gasteiger partial charge on any atom is 0.313 e. The number of carboxylic acids is 1. The second kappa shape index (κ2) is 4.77. The first-order chi connectivity index (χ1) is 7.78. The Morgan fingerprint density at radius 3 is 2.24 bits per heavy atom. The van der Waals surface area contributed by atoms with Gasteiger partial charge in [0, 0.05) is 0 Å². The molecule has 0 saturated heterocycles. The van der Waals surface area contributed by atoms with Crippen molar-refractivity contribution >= 4 is 5.97 Å². The Labute approximate surface area is 97.1 Å². The van der Waals surface area contributed by atoms with E-state index >= 15 is 0 Å². The van der Waals surface area contributed by atoms with Gasteiger partial charge in [-0.15, -0.1) is 0 Å². The summed E-state index contributed by atoms with van der Waals surface area (Å²) in [5.41, 5.74) is -1.61. The van der Waals surface area contributed by atoms with Crippen LogP contribution in [-0.2, 0) is 10.2 Å². The highest BCUT2D eigenvalue weighted by atomic mass is 19.3. The van der Waals surface area contributed by atoms with Crippen molar-refractivity contribution in [3.05, 3.63) is 35.4 Å². The fourth-order valence-corrected chi connectivity index (χ4v) is 1.56. The number of alkyl halides is 3. The lowest BCUT2D eigenvalue weighted by Gasteiger charge is -2.24. The van der Waals surface area contributed by atoms with Crippen LogP contribution in [0.3, 0.4) is 0 Å². The molecule has 1 aromatic carbocycles. The first kappa shape index (κ1) is 13.5. The summed E-state index contributed by atoms with van der Waals surface area (Å²) >= 11 is 0. The summed E-state index contributed by atoms with van der Waals surface area (Å²) in [6.45, 7) is 2.71. The summed E-state index contributed by atoms with van der Waals surface area (Å²) in [6, 6.07) is 5.46. The van der Waals surface area contributed by atoms with Crippen molar-refractivity contribution in [1.29, 1.82) is 0 Å². The molecule has 0 radical (unpaired) electrons. The van der Waals surface area contributed by atoms with E-state index in [-0.39, 0.29) is 11.1 Å². The van der Waals surface area contributed by atoms with Gasteiger partial charge in [-0.1, -0.05) is 24.3 Å². The zero-order chi connectivity index (χ0) is 13.2. The quantitative estimate of drug-likeness (QED) is 0.884. The van der Waals surface area contributed by atoms with Gasteiger partial charge in [0.05, 0.1) is 5.41 Å². The standard InChI is InChI=1S/C12H13F3O2/c1-12(2,11(16)17)8-6-4-3-5-7(8)9(13)10(14)15/h3-6,9-10H,1-2H3,(H,16,17). The smallest absolute Gasteiger partial charge is 0.313 e. The molecule has 1 rings (SSSR count). The number of halogens is 3. The van der Waals surface area contributed by atoms with Gasteiger partial charge in [0.1, 0.15) is 0 Å². The van der Waals surface area contributed by atoms with Gasteiger partial charge in [-0.05, 0) is 25.0 Å². The van der Waals surface area contributed by atoms with Crippen LogP contribution < -0.4 is 0 Å². The fraction of sp³-hybridized carbons (Fsp3) is 0.417. The summed E-state index contributed by atoms with van der Waals surface area (Å²) in [7, 11) is 0. The van der Waals surface area contributed by atoms with Crippen LogP contribution >= 0.6 is 0 Å². The molecule has 5 heteroatoms. The number of carbonyl (C=O) groups is 1. The lowest BCUT2D eigenvalue weighted by molar-refractivity contribution is -0.142. The van der Waals surface area contributed by atoms with Crippen molar-refractivity contribution in [2.75, 3.05) is 0 Å². The minimum atomic E-state index is -3.17. The Morgan fingerprint density at radius 1 is 1.24 bits per heavy atom. The summed E-state index contributed by atoms with van der Waals surface area (Å²) < 4.78 is 38.1. The van der Waals surface area contributed by atoms with Crippen LogP contribution in [0.15, 0.2) is 24.3 Å². The van der Waals surface area contributed by atoms with E-state index in [9.17, 15) is 18.0 Å². The predicted molar refractivity (Wildman–Crippen MR) is 57.0 cm³/mol. The highest BCUT2D eigenvalue weighted by Gasteiger charge is 2.35. The van der Waals surface area contributed by atoms with Crippen molar-refractivity contribution in [1.82, 2.24) is 0 Å². The molecule has 0 aromatic heterocycles. The predicted octanol–water partition coefficient (Wildman–Crippen LogP) is 3.32. The Kier molecular flexibility index (Phi) is 3.80. The zero-order valence-electron chi connectivity index (χ0n) is 9.45. The van der Waals surface area contributed by atoms with Crippen LogP contribution in [0, 0.1) is 0 Å². The van der Waals surface area contributed by atoms with Gasteiger partial charge in [0.2, 0.25) is 0 Å². The van der Waals surface area contributed by atoms with E-state index in [1.54, 1.807) is 0 Å². The molecule has 0 bridgehead atoms. The van der Waals surface area contributed by atoms with E-state index in [0.717, 1.165) is 0 Å². The molecule has 1 aromatic rings. The molecule has 17 heavy (non-hydrogen) atoms. The molecule has 0 heterocycles. The van der Waals surface area contributed by atoms with E-state index in [2.05, 4.69) is 0 Å². The molecule has 1 unspecified atom stereocenters. The highest BCUT2D eigenvalue weighted by Crippen LogP contribution is 2.34. The van der Waals surface area contributed by atoms with Crippen LogP contribution in [0.4, 0.5) is 13.2 Å². The molecule has 94 valence electrons. The molecular formula is C12H13F3O2. The minimum Gasteiger partial charge on any atom is -0.481 e. The molecular weight excluding hydrogens is 233 g/mol. The molecule has 1 atom stereocenters. The molecule has 0 amide bonds. The third-order valence-corrected chi connectivity index (χ3v) is 2.69. The number of aliphatic carboxylic acids is 1. The van der Waals surface area contributed by atoms with Crippen LogP contribution in [0.5, 0.6) is 0 Å². The number of benzene rings is 1. The lowest BCUT2D eigenvalue weighted by Crippen LogP contribution is -2.30. The van der Waals surface area contributed by atoms with E-state index in [0.29, 0.717) is 0 Å². The number of hydrogen-bond donors (Lipinski definition) is 1. The SMILES string of the molecule is CC(C)(C(=O)O)c1ccccc1C(F)C(F)F. The van der Waals surface area contributed by atoms with Crippen LogP contribution in [-0.4, -0.2) is 17.5 Å². The molecule has 2 nitrogen and oxygen atoms in total. The van der Waals surface area contributed by atoms with Gasteiger partial charge in [-0.2, -0.15) is 0 Å². The maximum absolute atomic E-state index is 13.4. The molecule has 1 N–H and O–H groups in total. The molecule has 0 aliphatic carbocycles. The molecule has 0 fully saturated rings. The summed E-state index contributed by atoms with van der Waals surface area (Å²) in [4.78, 5) is 11.1. The van der Waals surface area contributed by atoms with Gasteiger partial charge in [0.25, 0.3) is 6.43 Å². The second-order valence-electron chi connectivity index (χ2n) is 4.25. The topological polar surface area (TPSA) is 37.3 Å². The number of carboxylic acid groups (broad SMARTS) is 1. The normalized spacial score (nSPS) is 13.8. The monoisotopic (exact) mass is 246 g/mol. The Balaban J connectivity index is 3.30. The fourth-order valence-electron chi connectivity index (χ4n) is 1.56. The average molecular weight is 246 g/mol. The van der Waals surface area contributed by atoms with Gasteiger partial charge in [0.15, 0.2) is 6.17 Å². The molecule has 0 saturated carbocycles. The van der Waals surface area contributed by atoms with Crippen LogP contribution in [0.1, 0.15) is 31.1 Å².